The van der Waals surface area contributed by atoms with Gasteiger partial charge in [-0.1, -0.05) is 24.4 Å². The minimum atomic E-state index is 0.246. The quantitative estimate of drug-likeness (QED) is 0.682. The molecule has 0 bridgehead atoms. The molecular weight excluding hydrogens is 352 g/mol. The number of para-hydroxylation sites is 1. The number of hydrogen-bond acceptors (Lipinski definition) is 7. The van der Waals surface area contributed by atoms with Crippen LogP contribution in [0.5, 0.6) is 0 Å². The predicted octanol–water partition coefficient (Wildman–Crippen LogP) is 3.64. The first-order valence-corrected chi connectivity index (χ1v) is 8.50. The molecule has 3 aromatic rings. The van der Waals surface area contributed by atoms with Gasteiger partial charge in [-0.3, -0.25) is 0 Å². The van der Waals surface area contributed by atoms with Gasteiger partial charge in [0.25, 0.3) is 0 Å². The first-order chi connectivity index (χ1) is 12.0. The summed E-state index contributed by atoms with van der Waals surface area (Å²) in [5.74, 6) is 0.252. The maximum absolute atomic E-state index is 9.54. The summed E-state index contributed by atoms with van der Waals surface area (Å²) in [7, 11) is 0. The topological polar surface area (TPSA) is 111 Å². The van der Waals surface area contributed by atoms with Gasteiger partial charge in [-0.05, 0) is 19.1 Å². The van der Waals surface area contributed by atoms with Crippen LogP contribution in [0.3, 0.4) is 0 Å². The van der Waals surface area contributed by atoms with E-state index in [0.29, 0.717) is 33.0 Å². The SMILES string of the molecule is CC(=S)Nc1cc(C#N)c(-c2cccc3sc(CC#N)nc23)nc1N. The summed E-state index contributed by atoms with van der Waals surface area (Å²) in [6.45, 7) is 1.72. The number of nitrogens with one attached hydrogen (secondary N) is 1. The molecule has 0 aliphatic rings. The minimum absolute atomic E-state index is 0.246. The summed E-state index contributed by atoms with van der Waals surface area (Å²) in [4.78, 5) is 9.46. The smallest absolute Gasteiger partial charge is 0.147 e. The highest BCUT2D eigenvalue weighted by Gasteiger charge is 2.16. The zero-order valence-electron chi connectivity index (χ0n) is 13.2. The second kappa shape index (κ2) is 6.81. The number of thiazole rings is 1. The van der Waals surface area contributed by atoms with Crippen LogP contribution < -0.4 is 11.1 Å². The lowest BCUT2D eigenvalue weighted by atomic mass is 10.0. The molecule has 25 heavy (non-hydrogen) atoms. The standard InChI is InChI=1S/C17H12N6S2/c1-9(24)21-12-7-10(8-19)15(23-17(12)20)11-3-2-4-13-16(11)22-14(25-13)5-6-18/h2-4,7H,5H2,1H3,(H2,20,23)(H,21,24). The lowest BCUT2D eigenvalue weighted by Crippen LogP contribution is -2.08. The Hall–Kier alpha value is -3.07. The van der Waals surface area contributed by atoms with E-state index < -0.39 is 0 Å². The Morgan fingerprint density at radius 1 is 1.36 bits per heavy atom. The van der Waals surface area contributed by atoms with E-state index in [1.807, 2.05) is 18.2 Å². The van der Waals surface area contributed by atoms with Crippen molar-refractivity contribution in [3.63, 3.8) is 0 Å². The van der Waals surface area contributed by atoms with Gasteiger partial charge in [0.2, 0.25) is 0 Å². The second-order valence-electron chi connectivity index (χ2n) is 5.21. The van der Waals surface area contributed by atoms with Crippen molar-refractivity contribution in [3.8, 4) is 23.4 Å². The summed E-state index contributed by atoms with van der Waals surface area (Å²) in [5.41, 5.74) is 8.79. The molecule has 0 fully saturated rings. The molecule has 0 atom stereocenters. The number of thiocarbonyl (C=S) groups is 1. The fraction of sp³-hybridized carbons (Fsp3) is 0.118. The van der Waals surface area contributed by atoms with E-state index in [-0.39, 0.29) is 12.2 Å². The van der Waals surface area contributed by atoms with Crippen molar-refractivity contribution >= 4 is 50.3 Å². The monoisotopic (exact) mass is 364 g/mol. The Labute approximate surface area is 153 Å². The van der Waals surface area contributed by atoms with Gasteiger partial charge in [-0.25, -0.2) is 9.97 Å². The van der Waals surface area contributed by atoms with E-state index >= 15 is 0 Å². The number of hydrogen-bond donors (Lipinski definition) is 2. The van der Waals surface area contributed by atoms with Crippen molar-refractivity contribution < 1.29 is 0 Å². The van der Waals surface area contributed by atoms with E-state index in [1.54, 1.807) is 13.0 Å². The van der Waals surface area contributed by atoms with E-state index in [0.717, 1.165) is 9.71 Å². The lowest BCUT2D eigenvalue weighted by Gasteiger charge is -2.11. The predicted molar refractivity (Wildman–Crippen MR) is 103 cm³/mol. The molecule has 2 heterocycles. The number of nitrogens with zero attached hydrogens (tertiary/aromatic N) is 4. The molecule has 1 aromatic carbocycles. The highest BCUT2D eigenvalue weighted by Crippen LogP contribution is 2.34. The Morgan fingerprint density at radius 2 is 2.16 bits per heavy atom. The van der Waals surface area contributed by atoms with Crippen molar-refractivity contribution in [2.45, 2.75) is 13.3 Å². The number of nitrogen functional groups attached to an aromatic ring is 1. The normalized spacial score (nSPS) is 10.2. The van der Waals surface area contributed by atoms with Crippen LogP contribution in [-0.2, 0) is 6.42 Å². The van der Waals surface area contributed by atoms with Crippen LogP contribution in [0.25, 0.3) is 21.5 Å². The molecule has 0 saturated carbocycles. The molecule has 0 radical (unpaired) electrons. The number of fused-ring (bicyclic) bond motifs is 1. The largest absolute Gasteiger partial charge is 0.382 e. The molecule has 2 aromatic heterocycles. The van der Waals surface area contributed by atoms with Gasteiger partial charge in [0.05, 0.1) is 44.6 Å². The molecule has 0 unspecified atom stereocenters. The van der Waals surface area contributed by atoms with Crippen LogP contribution in [0.1, 0.15) is 17.5 Å². The Bertz CT molecular complexity index is 1070. The molecule has 0 aliphatic carbocycles. The average Bonchev–Trinajstić information content (AvgIpc) is 2.98. The zero-order chi connectivity index (χ0) is 18.0. The summed E-state index contributed by atoms with van der Waals surface area (Å²) >= 11 is 6.48. The van der Waals surface area contributed by atoms with Crippen LogP contribution in [0.2, 0.25) is 0 Å². The Kier molecular flexibility index (Phi) is 4.57. The van der Waals surface area contributed by atoms with Gasteiger partial charge in [-0.2, -0.15) is 10.5 Å². The first-order valence-electron chi connectivity index (χ1n) is 7.27. The van der Waals surface area contributed by atoms with Crippen molar-refractivity contribution in [2.75, 3.05) is 11.1 Å². The van der Waals surface area contributed by atoms with Crippen LogP contribution in [0.15, 0.2) is 24.3 Å². The fourth-order valence-electron chi connectivity index (χ4n) is 2.44. The zero-order valence-corrected chi connectivity index (χ0v) is 14.8. The summed E-state index contributed by atoms with van der Waals surface area (Å²) in [5, 5.41) is 22.1. The van der Waals surface area contributed by atoms with Gasteiger partial charge < -0.3 is 11.1 Å². The highest BCUT2D eigenvalue weighted by atomic mass is 32.1. The van der Waals surface area contributed by atoms with Crippen LogP contribution in [-0.4, -0.2) is 15.0 Å². The maximum Gasteiger partial charge on any atom is 0.147 e. The fourth-order valence-corrected chi connectivity index (χ4v) is 3.47. The number of nitrogens with two attached hydrogens (primary N) is 1. The number of nitriles is 2. The Balaban J connectivity index is 2.21. The molecule has 0 aliphatic heterocycles. The molecular formula is C17H12N6S2. The lowest BCUT2D eigenvalue weighted by molar-refractivity contribution is 1.21. The van der Waals surface area contributed by atoms with Gasteiger partial charge in [0.1, 0.15) is 16.9 Å². The number of rotatable bonds is 3. The third kappa shape index (κ3) is 3.26. The molecule has 3 rings (SSSR count). The molecule has 0 amide bonds. The average molecular weight is 364 g/mol. The van der Waals surface area contributed by atoms with Crippen LogP contribution in [0.4, 0.5) is 11.5 Å². The molecule has 8 heteroatoms. The van der Waals surface area contributed by atoms with Crippen molar-refractivity contribution in [1.82, 2.24) is 9.97 Å². The molecule has 0 spiro atoms. The van der Waals surface area contributed by atoms with Gasteiger partial charge in [-0.15, -0.1) is 11.3 Å². The maximum atomic E-state index is 9.54. The first kappa shape index (κ1) is 16.8. The summed E-state index contributed by atoms with van der Waals surface area (Å²) in [6, 6.07) is 11.5. The van der Waals surface area contributed by atoms with E-state index in [4.69, 9.17) is 23.2 Å². The van der Waals surface area contributed by atoms with Gasteiger partial charge >= 0.3 is 0 Å². The second-order valence-corrected chi connectivity index (χ2v) is 6.93. The highest BCUT2D eigenvalue weighted by molar-refractivity contribution is 7.80. The number of anilines is 2. The number of aromatic nitrogens is 2. The minimum Gasteiger partial charge on any atom is -0.382 e. The van der Waals surface area contributed by atoms with Crippen LogP contribution >= 0.6 is 23.6 Å². The molecule has 6 nitrogen and oxygen atoms in total. The third-order valence-electron chi connectivity index (χ3n) is 3.43. The van der Waals surface area contributed by atoms with Gasteiger partial charge in [0.15, 0.2) is 0 Å². The number of pyridine rings is 1. The molecule has 0 saturated heterocycles. The van der Waals surface area contributed by atoms with Crippen molar-refractivity contribution in [1.29, 1.82) is 10.5 Å². The van der Waals surface area contributed by atoms with E-state index in [2.05, 4.69) is 27.4 Å². The van der Waals surface area contributed by atoms with Gasteiger partial charge in [0, 0.05) is 5.56 Å². The summed E-state index contributed by atoms with van der Waals surface area (Å²) in [6.07, 6.45) is 0.246. The van der Waals surface area contributed by atoms with E-state index in [1.165, 1.54) is 11.3 Å². The van der Waals surface area contributed by atoms with E-state index in [9.17, 15) is 5.26 Å². The van der Waals surface area contributed by atoms with Crippen molar-refractivity contribution in [3.05, 3.63) is 34.8 Å². The summed E-state index contributed by atoms with van der Waals surface area (Å²) < 4.78 is 0.934. The number of benzene rings is 1. The molecule has 122 valence electrons. The Morgan fingerprint density at radius 3 is 2.84 bits per heavy atom. The van der Waals surface area contributed by atoms with Crippen molar-refractivity contribution in [2.24, 2.45) is 0 Å². The van der Waals surface area contributed by atoms with Crippen LogP contribution in [0, 0.1) is 22.7 Å². The molecule has 3 N–H and O–H groups in total. The third-order valence-corrected chi connectivity index (χ3v) is 4.55.